The van der Waals surface area contributed by atoms with E-state index in [2.05, 4.69) is 39.5 Å². The lowest BCUT2D eigenvalue weighted by Gasteiger charge is -2.26. The molecule has 0 unspecified atom stereocenters. The van der Waals surface area contributed by atoms with Gasteiger partial charge in [0.25, 0.3) is 5.91 Å². The van der Waals surface area contributed by atoms with Gasteiger partial charge in [0.1, 0.15) is 11.5 Å². The first-order valence-electron chi connectivity index (χ1n) is 10.7. The highest BCUT2D eigenvalue weighted by molar-refractivity contribution is 5.94. The first kappa shape index (κ1) is 19.4. The third-order valence-corrected chi connectivity index (χ3v) is 6.00. The van der Waals surface area contributed by atoms with E-state index in [1.165, 1.54) is 16.8 Å². The van der Waals surface area contributed by atoms with E-state index in [-0.39, 0.29) is 5.91 Å². The number of benzene rings is 2. The van der Waals surface area contributed by atoms with Crippen LogP contribution in [0.5, 0.6) is 0 Å². The zero-order valence-corrected chi connectivity index (χ0v) is 17.6. The fourth-order valence-electron chi connectivity index (χ4n) is 4.08. The predicted octanol–water partition coefficient (Wildman–Crippen LogP) is 4.43. The number of aryl methyl sites for hydroxylation is 1. The minimum atomic E-state index is -0.0859. The van der Waals surface area contributed by atoms with Crippen molar-refractivity contribution in [1.29, 1.82) is 0 Å². The van der Waals surface area contributed by atoms with Crippen LogP contribution in [0, 0.1) is 6.92 Å². The minimum Gasteiger partial charge on any atom is -0.441 e. The van der Waals surface area contributed by atoms with Gasteiger partial charge in [-0.1, -0.05) is 30.3 Å². The van der Waals surface area contributed by atoms with Crippen LogP contribution in [0.3, 0.4) is 0 Å². The highest BCUT2D eigenvalue weighted by atomic mass is 16.4. The predicted molar refractivity (Wildman–Crippen MR) is 120 cm³/mol. The SMILES string of the molecule is Cc1oc(-c2ccccc2)nc1CNC(=O)c1ccc2c(c1)CCN(C1=CC=C1)CC2. The maximum Gasteiger partial charge on any atom is 0.251 e. The topological polar surface area (TPSA) is 58.4 Å². The zero-order chi connectivity index (χ0) is 21.2. The summed E-state index contributed by atoms with van der Waals surface area (Å²) in [6, 6.07) is 15.9. The number of oxazole rings is 1. The summed E-state index contributed by atoms with van der Waals surface area (Å²) in [6.07, 6.45) is 8.34. The Morgan fingerprint density at radius 2 is 1.87 bits per heavy atom. The summed E-state index contributed by atoms with van der Waals surface area (Å²) < 4.78 is 5.79. The van der Waals surface area contributed by atoms with Crippen LogP contribution in [0.15, 0.2) is 76.9 Å². The van der Waals surface area contributed by atoms with Crippen LogP contribution in [0.2, 0.25) is 0 Å². The molecule has 156 valence electrons. The number of allylic oxidation sites excluding steroid dienone is 3. The van der Waals surface area contributed by atoms with Gasteiger partial charge in [-0.15, -0.1) is 0 Å². The molecule has 2 aromatic carbocycles. The van der Waals surface area contributed by atoms with Crippen LogP contribution >= 0.6 is 0 Å². The largest absolute Gasteiger partial charge is 0.441 e. The molecule has 0 bridgehead atoms. The van der Waals surface area contributed by atoms with Gasteiger partial charge in [0.2, 0.25) is 5.89 Å². The molecule has 1 aromatic heterocycles. The van der Waals surface area contributed by atoms with Gasteiger partial charge in [-0.3, -0.25) is 4.79 Å². The van der Waals surface area contributed by atoms with Gasteiger partial charge in [0.05, 0.1) is 6.54 Å². The van der Waals surface area contributed by atoms with Gasteiger partial charge >= 0.3 is 0 Å². The maximum atomic E-state index is 12.8. The van der Waals surface area contributed by atoms with Gasteiger partial charge in [-0.05, 0) is 67.3 Å². The van der Waals surface area contributed by atoms with Crippen molar-refractivity contribution >= 4 is 5.91 Å². The molecule has 1 N–H and O–H groups in total. The third kappa shape index (κ3) is 4.04. The molecule has 5 rings (SSSR count). The quantitative estimate of drug-likeness (QED) is 0.675. The fourth-order valence-corrected chi connectivity index (χ4v) is 4.08. The average molecular weight is 412 g/mol. The molecule has 2 heterocycles. The van der Waals surface area contributed by atoms with Crippen LogP contribution in [0.4, 0.5) is 0 Å². The van der Waals surface area contributed by atoms with Gasteiger partial charge in [-0.2, -0.15) is 0 Å². The molecular formula is C26H25N3O2. The van der Waals surface area contributed by atoms with E-state index >= 15 is 0 Å². The van der Waals surface area contributed by atoms with Gasteiger partial charge < -0.3 is 14.6 Å². The second-order valence-corrected chi connectivity index (χ2v) is 7.99. The number of carbonyl (C=O) groups is 1. The number of carbonyl (C=O) groups excluding carboxylic acids is 1. The minimum absolute atomic E-state index is 0.0859. The summed E-state index contributed by atoms with van der Waals surface area (Å²) in [4.78, 5) is 19.8. The molecule has 5 heteroatoms. The number of nitrogens with zero attached hydrogens (tertiary/aromatic N) is 2. The van der Waals surface area contributed by atoms with Crippen molar-refractivity contribution in [1.82, 2.24) is 15.2 Å². The Labute approximate surface area is 182 Å². The number of nitrogens with one attached hydrogen (secondary N) is 1. The molecule has 0 saturated carbocycles. The summed E-state index contributed by atoms with van der Waals surface area (Å²) in [5, 5.41) is 3.00. The summed E-state index contributed by atoms with van der Waals surface area (Å²) in [5.74, 6) is 1.21. The van der Waals surface area contributed by atoms with E-state index < -0.39 is 0 Å². The van der Waals surface area contributed by atoms with Crippen molar-refractivity contribution in [2.75, 3.05) is 13.1 Å². The molecule has 1 aliphatic heterocycles. The molecule has 0 fully saturated rings. The summed E-state index contributed by atoms with van der Waals surface area (Å²) >= 11 is 0. The lowest BCUT2D eigenvalue weighted by atomic mass is 10.00. The maximum absolute atomic E-state index is 12.8. The van der Waals surface area contributed by atoms with Crippen LogP contribution < -0.4 is 5.32 Å². The van der Waals surface area contributed by atoms with Gasteiger partial charge in [0.15, 0.2) is 0 Å². The number of hydrogen-bond donors (Lipinski definition) is 1. The summed E-state index contributed by atoms with van der Waals surface area (Å²) in [5.41, 5.74) is 6.28. The molecule has 1 amide bonds. The molecule has 1 aliphatic carbocycles. The Hall–Kier alpha value is -3.60. The van der Waals surface area contributed by atoms with E-state index in [0.29, 0.717) is 18.0 Å². The van der Waals surface area contributed by atoms with Crippen LogP contribution in [0.25, 0.3) is 11.5 Å². The summed E-state index contributed by atoms with van der Waals surface area (Å²) in [7, 11) is 0. The highest BCUT2D eigenvalue weighted by Crippen LogP contribution is 2.23. The van der Waals surface area contributed by atoms with Crippen LogP contribution in [-0.2, 0) is 19.4 Å². The van der Waals surface area contributed by atoms with E-state index in [9.17, 15) is 4.79 Å². The van der Waals surface area contributed by atoms with Crippen LogP contribution in [-0.4, -0.2) is 28.9 Å². The number of aromatic nitrogens is 1. The Morgan fingerprint density at radius 3 is 2.61 bits per heavy atom. The molecule has 0 atom stereocenters. The Kier molecular flexibility index (Phi) is 5.16. The van der Waals surface area contributed by atoms with Gasteiger partial charge in [0, 0.05) is 29.9 Å². The van der Waals surface area contributed by atoms with Crippen molar-refractivity contribution in [2.45, 2.75) is 26.3 Å². The molecule has 0 spiro atoms. The fraction of sp³-hybridized carbons (Fsp3) is 0.231. The second kappa shape index (κ2) is 8.26. The third-order valence-electron chi connectivity index (χ3n) is 6.00. The van der Waals surface area contributed by atoms with Crippen molar-refractivity contribution in [3.63, 3.8) is 0 Å². The van der Waals surface area contributed by atoms with E-state index in [0.717, 1.165) is 42.9 Å². The molecule has 2 aliphatic rings. The van der Waals surface area contributed by atoms with Crippen LogP contribution in [0.1, 0.15) is 32.9 Å². The lowest BCUT2D eigenvalue weighted by molar-refractivity contribution is 0.0950. The lowest BCUT2D eigenvalue weighted by Crippen LogP contribution is -2.26. The Bertz CT molecular complexity index is 1170. The van der Waals surface area contributed by atoms with Crippen molar-refractivity contribution in [3.05, 3.63) is 101 Å². The monoisotopic (exact) mass is 411 g/mol. The average Bonchev–Trinajstić information content (AvgIpc) is 3.01. The number of hydrogen-bond acceptors (Lipinski definition) is 4. The molecule has 0 saturated heterocycles. The van der Waals surface area contributed by atoms with Crippen molar-refractivity contribution in [3.8, 4) is 11.5 Å². The Balaban J connectivity index is 1.25. The van der Waals surface area contributed by atoms with E-state index in [1.54, 1.807) is 0 Å². The second-order valence-electron chi connectivity index (χ2n) is 7.99. The zero-order valence-electron chi connectivity index (χ0n) is 17.6. The normalized spacial score (nSPS) is 15.0. The first-order chi connectivity index (χ1) is 15.2. The number of rotatable bonds is 5. The first-order valence-corrected chi connectivity index (χ1v) is 10.7. The number of fused-ring (bicyclic) bond motifs is 1. The van der Waals surface area contributed by atoms with Gasteiger partial charge in [-0.25, -0.2) is 4.98 Å². The molecule has 31 heavy (non-hydrogen) atoms. The van der Waals surface area contributed by atoms with E-state index in [4.69, 9.17) is 4.42 Å². The molecule has 3 aromatic rings. The van der Waals surface area contributed by atoms with Crippen molar-refractivity contribution in [2.24, 2.45) is 0 Å². The Morgan fingerprint density at radius 1 is 1.10 bits per heavy atom. The standard InChI is InChI=1S/C26H25N3O2/c1-18-24(28-26(31-18)20-6-3-2-4-7-20)17-27-25(30)22-11-10-19-12-14-29(23-8-5-9-23)15-13-21(19)16-22/h2-11,16H,12-15,17H2,1H3,(H,27,30). The van der Waals surface area contributed by atoms with E-state index in [1.807, 2.05) is 49.4 Å². The van der Waals surface area contributed by atoms with Crippen molar-refractivity contribution < 1.29 is 9.21 Å². The number of amides is 1. The smallest absolute Gasteiger partial charge is 0.251 e. The summed E-state index contributed by atoms with van der Waals surface area (Å²) in [6.45, 7) is 4.21. The molecule has 5 nitrogen and oxygen atoms in total. The highest BCUT2D eigenvalue weighted by Gasteiger charge is 2.18. The molecular weight excluding hydrogens is 386 g/mol. The molecule has 0 radical (unpaired) electrons.